The zero-order chi connectivity index (χ0) is 63.2. The standard InChI is InChI=1S/C72H95N3O17/c1-5-23-73-26-20-67-60-46-10-13-52(89-44-85-30-29-81-4)63(60)92-64(67)53(14-17-70(67,78)49(37-46)40-73)86-34-31-82-41-45(42-83-32-35-87-54-15-18-71(79)56-38-47-8-11-50(76)61-58(47)68(71,65(54)90-61)21-27-74(56)24-6-2)43-84-33-36-88-55-16-19-72(80)57-39-48-9-12-51(77)62-59(48)69(72,66(55)91-62)22-28-75(57)25-7-3/h5-13,45,49,53-57,64-66,76-80H,1-3,14-44H2,4H3/t45?,49?,53?,54?,55?,56?,57?,64-,65?,66?,67-,68-,69-,70+,71+,72+/m0/s1. The molecule has 20 nitrogen and oxygen atoms in total. The third-order valence-electron chi connectivity index (χ3n) is 24.4. The molecule has 0 amide bonds. The molecular weight excluding hydrogens is 1180 g/mol. The molecule has 3 aromatic carbocycles. The topological polar surface area (TPSA) is 222 Å². The molecule has 15 rings (SSSR count). The van der Waals surface area contributed by atoms with Crippen molar-refractivity contribution in [2.45, 2.75) is 159 Å². The van der Waals surface area contributed by atoms with Crippen LogP contribution in [0.1, 0.15) is 91.2 Å². The van der Waals surface area contributed by atoms with Crippen molar-refractivity contribution in [1.29, 1.82) is 0 Å². The van der Waals surface area contributed by atoms with Crippen molar-refractivity contribution in [1.82, 2.24) is 14.7 Å². The summed E-state index contributed by atoms with van der Waals surface area (Å²) >= 11 is 0. The summed E-state index contributed by atoms with van der Waals surface area (Å²) in [6.07, 6.45) is 11.0. The lowest BCUT2D eigenvalue weighted by Gasteiger charge is -2.64. The normalized spacial score (nSPS) is 36.6. The Hall–Kier alpha value is -4.88. The largest absolute Gasteiger partial charge is 0.504 e. The maximum atomic E-state index is 13.2. The van der Waals surface area contributed by atoms with Gasteiger partial charge in [-0.05, 0) is 132 Å². The Balaban J connectivity index is 0.604. The summed E-state index contributed by atoms with van der Waals surface area (Å²) in [5, 5.41) is 61.4. The molecule has 3 saturated carbocycles. The lowest BCUT2D eigenvalue weighted by molar-refractivity contribution is -0.215. The Labute approximate surface area is 540 Å². The Kier molecular flexibility index (Phi) is 17.1. The van der Waals surface area contributed by atoms with Crippen molar-refractivity contribution >= 4 is 0 Å². The number of hydrogen-bond donors (Lipinski definition) is 5. The van der Waals surface area contributed by atoms with Gasteiger partial charge in [-0.15, -0.1) is 19.7 Å². The predicted molar refractivity (Wildman–Crippen MR) is 338 cm³/mol. The van der Waals surface area contributed by atoms with E-state index < -0.39 is 51.4 Å². The molecular formula is C72H95N3O17. The smallest absolute Gasteiger partial charge is 0.189 e. The average molecular weight is 1270 g/mol. The Morgan fingerprint density at radius 3 is 1.48 bits per heavy atom. The summed E-state index contributed by atoms with van der Waals surface area (Å²) in [6.45, 7) is 21.0. The van der Waals surface area contributed by atoms with Crippen molar-refractivity contribution in [3.8, 4) is 34.5 Å². The van der Waals surface area contributed by atoms with Gasteiger partial charge in [0.25, 0.3) is 0 Å². The fraction of sp³-hybridized carbons (Fsp3) is 0.667. The number of phenolic OH excluding ortho intramolecular Hbond substituents is 2. The molecule has 3 spiro atoms. The van der Waals surface area contributed by atoms with Gasteiger partial charge in [0.15, 0.2) is 41.3 Å². The highest BCUT2D eigenvalue weighted by atomic mass is 16.7. The molecule has 12 aliphatic rings. The highest BCUT2D eigenvalue weighted by Gasteiger charge is 2.76. The van der Waals surface area contributed by atoms with Crippen LogP contribution in [0.5, 0.6) is 34.5 Å². The first-order valence-electron chi connectivity index (χ1n) is 34.2. The van der Waals surface area contributed by atoms with Crippen LogP contribution in [0, 0.1) is 11.8 Å². The first-order chi connectivity index (χ1) is 44.8. The summed E-state index contributed by atoms with van der Waals surface area (Å²) in [5.41, 5.74) is 1.11. The monoisotopic (exact) mass is 1270 g/mol. The van der Waals surface area contributed by atoms with E-state index in [1.54, 1.807) is 19.2 Å². The number of aliphatic hydroxyl groups is 3. The molecule has 3 aromatic rings. The van der Waals surface area contributed by atoms with E-state index >= 15 is 0 Å². The van der Waals surface area contributed by atoms with Crippen LogP contribution in [0.2, 0.25) is 0 Å². The molecule has 6 aliphatic heterocycles. The minimum atomic E-state index is -1.05. The van der Waals surface area contributed by atoms with Gasteiger partial charge >= 0.3 is 0 Å². The lowest BCUT2D eigenvalue weighted by Crippen LogP contribution is -2.77. The summed E-state index contributed by atoms with van der Waals surface area (Å²) in [6, 6.07) is 11.3. The Bertz CT molecular complexity index is 3130. The molecule has 5 N–H and O–H groups in total. The van der Waals surface area contributed by atoms with Crippen LogP contribution >= 0.6 is 0 Å². The maximum absolute atomic E-state index is 13.2. The molecule has 6 bridgehead atoms. The molecule has 0 aromatic heterocycles. The van der Waals surface area contributed by atoms with E-state index in [0.717, 1.165) is 67.0 Å². The predicted octanol–water partition coefficient (Wildman–Crippen LogP) is 5.59. The van der Waals surface area contributed by atoms with Crippen LogP contribution in [0.25, 0.3) is 0 Å². The van der Waals surface area contributed by atoms with Gasteiger partial charge < -0.3 is 82.4 Å². The Morgan fingerprint density at radius 2 is 0.967 bits per heavy atom. The van der Waals surface area contributed by atoms with Crippen LogP contribution < -0.4 is 18.9 Å². The van der Waals surface area contributed by atoms with Crippen molar-refractivity contribution in [3.05, 3.63) is 108 Å². The minimum Gasteiger partial charge on any atom is -0.504 e. The highest BCUT2D eigenvalue weighted by molar-refractivity contribution is 5.65. The fourth-order valence-corrected chi connectivity index (χ4v) is 20.7. The second-order valence-corrected chi connectivity index (χ2v) is 28.4. The number of benzene rings is 3. The van der Waals surface area contributed by atoms with Crippen LogP contribution in [0.3, 0.4) is 0 Å². The fourth-order valence-electron chi connectivity index (χ4n) is 20.7. The second-order valence-electron chi connectivity index (χ2n) is 28.4. The molecule has 6 fully saturated rings. The summed E-state index contributed by atoms with van der Waals surface area (Å²) in [7, 11) is 1.64. The van der Waals surface area contributed by atoms with E-state index in [1.165, 1.54) is 5.56 Å². The summed E-state index contributed by atoms with van der Waals surface area (Å²) in [5.74, 6) is 2.25. The second kappa shape index (κ2) is 25.0. The van der Waals surface area contributed by atoms with Crippen molar-refractivity contribution in [3.63, 3.8) is 0 Å². The van der Waals surface area contributed by atoms with E-state index in [0.29, 0.717) is 179 Å². The van der Waals surface area contributed by atoms with Crippen molar-refractivity contribution in [2.24, 2.45) is 11.8 Å². The van der Waals surface area contributed by atoms with Crippen molar-refractivity contribution < 1.29 is 82.4 Å². The maximum Gasteiger partial charge on any atom is 0.189 e. The van der Waals surface area contributed by atoms with Crippen LogP contribution in [-0.2, 0) is 73.4 Å². The zero-order valence-electron chi connectivity index (χ0n) is 53.5. The van der Waals surface area contributed by atoms with E-state index in [4.69, 9.17) is 56.8 Å². The van der Waals surface area contributed by atoms with E-state index in [2.05, 4.69) is 40.5 Å². The number of phenols is 2. The van der Waals surface area contributed by atoms with Gasteiger partial charge in [0.05, 0.1) is 124 Å². The zero-order valence-corrected chi connectivity index (χ0v) is 53.5. The molecule has 6 heterocycles. The summed E-state index contributed by atoms with van der Waals surface area (Å²) < 4.78 is 77.5. The van der Waals surface area contributed by atoms with Crippen LogP contribution in [0.4, 0.5) is 0 Å². The minimum absolute atomic E-state index is 0.00191. The molecule has 3 saturated heterocycles. The van der Waals surface area contributed by atoms with Crippen LogP contribution in [0.15, 0.2) is 74.4 Å². The SMILES string of the molecule is C=CCN1CC[C@]23c4c5ccc(OCOCCOC)c4O[C@H]2C(OCCOCC(COCCOC2CC[C@@]4(O)C6Cc7ccc(O)c8c7[C@@]4(CCN6CC=C)C2O8)COCCOC2CC[C@@]4(O)C6Cc7ccc(O)c8c7[C@@]4(CCN6CC=C)C2O8)CC[C@@]3(O)C(C5)C1. The number of likely N-dealkylation sites (tertiary alicyclic amines) is 3. The van der Waals surface area contributed by atoms with Gasteiger partial charge in [-0.25, -0.2) is 0 Å². The quantitative estimate of drug-likeness (QED) is 0.0312. The molecule has 0 radical (unpaired) electrons. The lowest BCUT2D eigenvalue weighted by atomic mass is 9.48. The average Bonchev–Trinajstić information content (AvgIpc) is 1.45. The van der Waals surface area contributed by atoms with Gasteiger partial charge in [-0.2, -0.15) is 0 Å². The number of methoxy groups -OCH3 is 1. The number of ether oxygens (including phenoxy) is 12. The summed E-state index contributed by atoms with van der Waals surface area (Å²) in [4.78, 5) is 7.12. The van der Waals surface area contributed by atoms with Gasteiger partial charge in [-0.3, -0.25) is 14.7 Å². The Morgan fingerprint density at radius 1 is 0.522 bits per heavy atom. The molecule has 8 unspecified atom stereocenters. The third-order valence-corrected chi connectivity index (χ3v) is 24.4. The number of rotatable bonds is 30. The van der Waals surface area contributed by atoms with E-state index in [-0.39, 0.29) is 60.5 Å². The highest BCUT2D eigenvalue weighted by Crippen LogP contribution is 2.69. The molecule has 15 atom stereocenters. The van der Waals surface area contributed by atoms with E-state index in [1.807, 2.05) is 36.4 Å². The van der Waals surface area contributed by atoms with Crippen LogP contribution in [-0.4, -0.2) is 238 Å². The van der Waals surface area contributed by atoms with Crippen molar-refractivity contribution in [2.75, 3.05) is 132 Å². The van der Waals surface area contributed by atoms with E-state index in [9.17, 15) is 25.5 Å². The number of piperidine rings is 2. The number of nitrogens with zero attached hydrogens (tertiary/aromatic N) is 3. The number of aromatic hydroxyl groups is 2. The molecule has 6 aliphatic carbocycles. The van der Waals surface area contributed by atoms with Gasteiger partial charge in [-0.1, -0.05) is 36.4 Å². The van der Waals surface area contributed by atoms with Gasteiger partial charge in [0.2, 0.25) is 0 Å². The first kappa shape index (κ1) is 63.2. The third kappa shape index (κ3) is 9.55. The molecule has 20 heteroatoms. The number of hydrogen-bond acceptors (Lipinski definition) is 20. The van der Waals surface area contributed by atoms with Gasteiger partial charge in [0.1, 0.15) is 18.3 Å². The first-order valence-corrected chi connectivity index (χ1v) is 34.2. The molecule has 500 valence electrons. The molecule has 92 heavy (non-hydrogen) atoms. The van der Waals surface area contributed by atoms with Gasteiger partial charge in [0, 0.05) is 73.9 Å².